The van der Waals surface area contributed by atoms with E-state index in [2.05, 4.69) is 40.7 Å². The molecule has 3 heterocycles. The largest absolute Gasteiger partial charge is 0.497 e. The van der Waals surface area contributed by atoms with E-state index in [0.717, 1.165) is 48.3 Å². The van der Waals surface area contributed by atoms with Crippen molar-refractivity contribution in [3.63, 3.8) is 0 Å². The number of urea groups is 1. The molecule has 7 heteroatoms. The van der Waals surface area contributed by atoms with Crippen LogP contribution in [0.15, 0.2) is 30.6 Å². The van der Waals surface area contributed by atoms with Crippen molar-refractivity contribution in [1.29, 1.82) is 0 Å². The van der Waals surface area contributed by atoms with Gasteiger partial charge in [0.1, 0.15) is 11.8 Å². The van der Waals surface area contributed by atoms with Crippen LogP contribution < -0.4 is 10.1 Å². The molecule has 2 aromatic heterocycles. The molecule has 0 saturated heterocycles. The molecule has 3 aromatic rings. The Labute approximate surface area is 182 Å². The van der Waals surface area contributed by atoms with Crippen LogP contribution in [-0.2, 0) is 13.0 Å². The van der Waals surface area contributed by atoms with Gasteiger partial charge in [-0.05, 0) is 49.9 Å². The number of H-pyrrole nitrogens is 1. The first kappa shape index (κ1) is 20.0. The van der Waals surface area contributed by atoms with Gasteiger partial charge in [-0.25, -0.2) is 4.79 Å². The Hall–Kier alpha value is -2.96. The number of rotatable bonds is 4. The maximum Gasteiger partial charge on any atom is 0.318 e. The zero-order valence-electron chi connectivity index (χ0n) is 18.4. The van der Waals surface area contributed by atoms with E-state index in [1.807, 2.05) is 21.8 Å². The SMILES string of the molecule is CCn1cc([C@@H]2c3[nH]c4ccc(OC)cc4c3CCN2C(=O)NC2CCCCC2)cn1. The van der Waals surface area contributed by atoms with Gasteiger partial charge in [0.05, 0.1) is 13.3 Å². The third-order valence-electron chi connectivity index (χ3n) is 6.82. The topological polar surface area (TPSA) is 75.2 Å². The van der Waals surface area contributed by atoms with E-state index in [4.69, 9.17) is 4.74 Å². The van der Waals surface area contributed by atoms with Crippen LogP contribution >= 0.6 is 0 Å². The Balaban J connectivity index is 1.54. The van der Waals surface area contributed by atoms with Gasteiger partial charge in [0, 0.05) is 47.5 Å². The Bertz CT molecular complexity index is 1080. The summed E-state index contributed by atoms with van der Waals surface area (Å²) in [5, 5.41) is 8.99. The highest BCUT2D eigenvalue weighted by atomic mass is 16.5. The second-order valence-corrected chi connectivity index (χ2v) is 8.69. The second-order valence-electron chi connectivity index (χ2n) is 8.69. The molecule has 5 rings (SSSR count). The number of nitrogens with one attached hydrogen (secondary N) is 2. The highest BCUT2D eigenvalue weighted by molar-refractivity contribution is 5.87. The van der Waals surface area contributed by atoms with Gasteiger partial charge in [0.2, 0.25) is 0 Å². The number of carbonyl (C=O) groups is 1. The van der Waals surface area contributed by atoms with E-state index in [0.29, 0.717) is 6.54 Å². The van der Waals surface area contributed by atoms with Crippen LogP contribution in [0.1, 0.15) is 61.9 Å². The number of benzene rings is 1. The van der Waals surface area contributed by atoms with Crippen molar-refractivity contribution >= 4 is 16.9 Å². The molecule has 1 aromatic carbocycles. The fourth-order valence-electron chi connectivity index (χ4n) is 5.16. The van der Waals surface area contributed by atoms with E-state index in [-0.39, 0.29) is 18.1 Å². The molecule has 2 N–H and O–H groups in total. The smallest absolute Gasteiger partial charge is 0.318 e. The standard InChI is InChI=1S/C24H31N5O2/c1-3-28-15-16(14-25-28)23-22-19(20-13-18(31-2)9-10-21(20)27-22)11-12-29(23)24(30)26-17-7-5-4-6-8-17/h9-10,13-15,17,23,27H,3-8,11-12H2,1-2H3,(H,26,30)/t23-/m1/s1. The molecular weight excluding hydrogens is 390 g/mol. The Kier molecular flexibility index (Phi) is 5.34. The Morgan fingerprint density at radius 1 is 1.29 bits per heavy atom. The molecule has 2 aliphatic rings. The van der Waals surface area contributed by atoms with Gasteiger partial charge >= 0.3 is 6.03 Å². The summed E-state index contributed by atoms with van der Waals surface area (Å²) >= 11 is 0. The number of hydrogen-bond donors (Lipinski definition) is 2. The number of nitrogens with zero attached hydrogens (tertiary/aromatic N) is 3. The minimum absolute atomic E-state index is 0.0306. The van der Waals surface area contributed by atoms with Crippen molar-refractivity contribution in [2.24, 2.45) is 0 Å². The van der Waals surface area contributed by atoms with Crippen LogP contribution in [0.3, 0.4) is 0 Å². The van der Waals surface area contributed by atoms with Crippen molar-refractivity contribution in [2.75, 3.05) is 13.7 Å². The molecule has 1 aliphatic heterocycles. The van der Waals surface area contributed by atoms with Crippen molar-refractivity contribution in [3.05, 3.63) is 47.4 Å². The highest BCUT2D eigenvalue weighted by Gasteiger charge is 2.36. The Morgan fingerprint density at radius 2 is 2.13 bits per heavy atom. The quantitative estimate of drug-likeness (QED) is 0.656. The predicted octanol–water partition coefficient (Wildman–Crippen LogP) is 4.38. The van der Waals surface area contributed by atoms with Crippen molar-refractivity contribution < 1.29 is 9.53 Å². The van der Waals surface area contributed by atoms with Gasteiger partial charge in [-0.2, -0.15) is 5.10 Å². The normalized spacial score (nSPS) is 19.4. The van der Waals surface area contributed by atoms with E-state index in [9.17, 15) is 4.79 Å². The summed E-state index contributed by atoms with van der Waals surface area (Å²) in [5.41, 5.74) is 4.47. The molecular formula is C24H31N5O2. The van der Waals surface area contributed by atoms with E-state index in [1.165, 1.54) is 30.2 Å². The van der Waals surface area contributed by atoms with Gasteiger partial charge in [0.15, 0.2) is 0 Å². The number of carbonyl (C=O) groups excluding carboxylic acids is 1. The lowest BCUT2D eigenvalue weighted by molar-refractivity contribution is 0.172. The summed E-state index contributed by atoms with van der Waals surface area (Å²) in [6, 6.07) is 6.27. The van der Waals surface area contributed by atoms with Crippen LogP contribution in [0.2, 0.25) is 0 Å². The lowest BCUT2D eigenvalue weighted by Crippen LogP contribution is -2.49. The summed E-state index contributed by atoms with van der Waals surface area (Å²) in [7, 11) is 1.69. The predicted molar refractivity (Wildman–Crippen MR) is 120 cm³/mol. The molecule has 0 radical (unpaired) electrons. The molecule has 7 nitrogen and oxygen atoms in total. The molecule has 1 aliphatic carbocycles. The minimum atomic E-state index is -0.175. The fraction of sp³-hybridized carbons (Fsp3) is 0.500. The van der Waals surface area contributed by atoms with Crippen LogP contribution in [0, 0.1) is 0 Å². The third-order valence-corrected chi connectivity index (χ3v) is 6.82. The maximum atomic E-state index is 13.4. The van der Waals surface area contributed by atoms with Crippen LogP contribution in [0.25, 0.3) is 10.9 Å². The summed E-state index contributed by atoms with van der Waals surface area (Å²) in [4.78, 5) is 19.0. The average molecular weight is 422 g/mol. The zero-order valence-corrected chi connectivity index (χ0v) is 18.4. The lowest BCUT2D eigenvalue weighted by Gasteiger charge is -2.37. The number of aromatic amines is 1. The number of ether oxygens (including phenoxy) is 1. The van der Waals surface area contributed by atoms with Gasteiger partial charge in [-0.3, -0.25) is 4.68 Å². The van der Waals surface area contributed by atoms with Crippen LogP contribution in [0.5, 0.6) is 5.75 Å². The molecule has 1 saturated carbocycles. The highest BCUT2D eigenvalue weighted by Crippen LogP contribution is 2.39. The van der Waals surface area contributed by atoms with Gasteiger partial charge in [-0.15, -0.1) is 0 Å². The number of aryl methyl sites for hydroxylation is 1. The lowest BCUT2D eigenvalue weighted by atomic mass is 9.93. The number of aromatic nitrogens is 3. The number of amides is 2. The van der Waals surface area contributed by atoms with E-state index in [1.54, 1.807) is 7.11 Å². The summed E-state index contributed by atoms with van der Waals surface area (Å²) < 4.78 is 7.38. The van der Waals surface area contributed by atoms with Crippen LogP contribution in [0.4, 0.5) is 4.79 Å². The van der Waals surface area contributed by atoms with E-state index < -0.39 is 0 Å². The molecule has 0 bridgehead atoms. The maximum absolute atomic E-state index is 13.4. The summed E-state index contributed by atoms with van der Waals surface area (Å²) in [6.45, 7) is 3.56. The zero-order chi connectivity index (χ0) is 21.4. The van der Waals surface area contributed by atoms with Crippen LogP contribution in [-0.4, -0.2) is 45.4 Å². The number of methoxy groups -OCH3 is 1. The monoisotopic (exact) mass is 421 g/mol. The Morgan fingerprint density at radius 3 is 2.87 bits per heavy atom. The molecule has 2 amide bonds. The summed E-state index contributed by atoms with van der Waals surface area (Å²) in [6.07, 6.45) is 10.6. The molecule has 0 unspecified atom stereocenters. The summed E-state index contributed by atoms with van der Waals surface area (Å²) in [5.74, 6) is 0.849. The molecule has 31 heavy (non-hydrogen) atoms. The average Bonchev–Trinajstić information content (AvgIpc) is 3.43. The van der Waals surface area contributed by atoms with Gasteiger partial charge in [-0.1, -0.05) is 19.3 Å². The third kappa shape index (κ3) is 3.66. The molecule has 1 fully saturated rings. The fourth-order valence-corrected chi connectivity index (χ4v) is 5.16. The van der Waals surface area contributed by atoms with Crippen molar-refractivity contribution in [1.82, 2.24) is 25.0 Å². The first-order chi connectivity index (χ1) is 15.2. The molecule has 0 spiro atoms. The minimum Gasteiger partial charge on any atom is -0.497 e. The first-order valence-electron chi connectivity index (χ1n) is 11.5. The van der Waals surface area contributed by atoms with Gasteiger partial charge < -0.3 is 19.9 Å². The molecule has 164 valence electrons. The van der Waals surface area contributed by atoms with Crippen molar-refractivity contribution in [3.8, 4) is 5.75 Å². The number of hydrogen-bond acceptors (Lipinski definition) is 3. The van der Waals surface area contributed by atoms with Gasteiger partial charge in [0.25, 0.3) is 0 Å². The second kappa shape index (κ2) is 8.29. The van der Waals surface area contributed by atoms with E-state index >= 15 is 0 Å². The molecule has 1 atom stereocenters. The van der Waals surface area contributed by atoms with Crippen molar-refractivity contribution in [2.45, 2.75) is 64.1 Å². The number of fused-ring (bicyclic) bond motifs is 3. The first-order valence-corrected chi connectivity index (χ1v) is 11.5.